The monoisotopic (exact) mass is 606 g/mol. The molecule has 0 saturated heterocycles. The van der Waals surface area contributed by atoms with Crippen LogP contribution in [0.15, 0.2) is 12.2 Å². The van der Waals surface area contributed by atoms with E-state index in [1.165, 1.54) is 0 Å². The Morgan fingerprint density at radius 3 is 1.14 bits per heavy atom. The van der Waals surface area contributed by atoms with Crippen molar-refractivity contribution in [3.05, 3.63) is 19.1 Å². The second kappa shape index (κ2) is 29.1. The molecule has 0 aromatic rings. The minimum absolute atomic E-state index is 0. The summed E-state index contributed by atoms with van der Waals surface area (Å²) in [6.45, 7) is 33.3. The zero-order valence-electron chi connectivity index (χ0n) is 24.8. The zero-order valence-corrected chi connectivity index (χ0v) is 30.5. The summed E-state index contributed by atoms with van der Waals surface area (Å²) in [5, 5.41) is 26.8. The second-order valence-corrected chi connectivity index (χ2v) is 25.7. The summed E-state index contributed by atoms with van der Waals surface area (Å²) in [6, 6.07) is 0. The molecule has 0 N–H and O–H groups in total. The fourth-order valence-corrected chi connectivity index (χ4v) is 10.0. The normalized spacial score (nSPS) is 10.5. The number of carbonyl (C=O) groups is 1. The molecule has 0 aliphatic carbocycles. The molecule has 0 amide bonds. The smallest absolute Gasteiger partial charge is 0.855 e. The Morgan fingerprint density at radius 1 is 0.771 bits per heavy atom. The van der Waals surface area contributed by atoms with Crippen LogP contribution in [-0.2, 0) is 43.6 Å². The van der Waals surface area contributed by atoms with Gasteiger partial charge in [0.1, 0.15) is 0 Å². The number of hydrogen-bond donors (Lipinski definition) is 0. The van der Waals surface area contributed by atoms with Crippen molar-refractivity contribution in [3.63, 3.8) is 0 Å². The summed E-state index contributed by atoms with van der Waals surface area (Å²) in [4.78, 5) is 10.6. The van der Waals surface area contributed by atoms with Gasteiger partial charge in [0.25, 0.3) is 0 Å². The quantitative estimate of drug-likeness (QED) is 0.170. The van der Waals surface area contributed by atoms with Crippen molar-refractivity contribution in [1.29, 1.82) is 0 Å². The molecule has 0 saturated carbocycles. The van der Waals surface area contributed by atoms with Gasteiger partial charge in [-0.05, 0) is 65.8 Å². The third-order valence-electron chi connectivity index (χ3n) is 2.08. The molecule has 0 fully saturated rings. The zero-order chi connectivity index (χ0) is 28.6. The number of carbonyl (C=O) groups excluding carboxylic acids is 1. The van der Waals surface area contributed by atoms with E-state index in [9.17, 15) is 4.79 Å². The third kappa shape index (κ3) is 66.0. The minimum atomic E-state index is -1.92. The standard InChI is InChI=1S/C9H28O3Si4.C7H11O2.3C2H5O.Ti/c1-14(2,3)10-13(11-15(4,5)6)12-16(7,8)9;1-4-5-9-7(8)6(2)3;3*1-2-3;/h13H,1-9H3;1-2,4-5H2,3H3;3*2H2,1H3;/q;4*-1;+4. The largest absolute Gasteiger partial charge is 4.00 e. The van der Waals surface area contributed by atoms with Gasteiger partial charge in [-0.1, -0.05) is 27.4 Å². The van der Waals surface area contributed by atoms with Crippen LogP contribution in [0.5, 0.6) is 0 Å². The maximum Gasteiger partial charge on any atom is 4.00 e. The Bertz CT molecular complexity index is 423. The van der Waals surface area contributed by atoms with Gasteiger partial charge in [0.15, 0.2) is 25.0 Å². The van der Waals surface area contributed by atoms with Crippen molar-refractivity contribution in [1.82, 2.24) is 0 Å². The molecule has 0 aromatic carbocycles. The van der Waals surface area contributed by atoms with E-state index in [0.29, 0.717) is 18.6 Å². The fourth-order valence-electron chi connectivity index (χ4n) is 1.23. The number of esters is 1. The second-order valence-electron chi connectivity index (χ2n) is 9.62. The number of rotatable bonds is 9. The van der Waals surface area contributed by atoms with Crippen LogP contribution >= 0.6 is 0 Å². The molecular weight excluding hydrogens is 552 g/mol. The van der Waals surface area contributed by atoms with Crippen molar-refractivity contribution in [3.8, 4) is 0 Å². The minimum Gasteiger partial charge on any atom is -0.855 e. The van der Waals surface area contributed by atoms with Gasteiger partial charge in [0, 0.05) is 5.57 Å². The first-order chi connectivity index (χ1) is 15.2. The molecule has 0 atom stereocenters. The van der Waals surface area contributed by atoms with Crippen LogP contribution in [0.25, 0.3) is 0 Å². The Hall–Kier alpha value is 0.552. The molecule has 8 nitrogen and oxygen atoms in total. The average molecular weight is 607 g/mol. The SMILES string of the molecule is C=C(C)C(=O)OCC[CH2-].CC[O-].CC[O-].CC[O-].C[Si](C)(C)O[SiH](O[Si](C)(C)C)O[Si](C)(C)C.[Ti+4]. The molecule has 0 radical (unpaired) electrons. The van der Waals surface area contributed by atoms with E-state index in [2.05, 4.69) is 77.2 Å². The maximum absolute atomic E-state index is 10.6. The van der Waals surface area contributed by atoms with Gasteiger partial charge in [0.05, 0.1) is 6.61 Å². The van der Waals surface area contributed by atoms with Crippen LogP contribution in [0.3, 0.4) is 0 Å². The first kappa shape index (κ1) is 48.6. The molecule has 0 spiro atoms. The van der Waals surface area contributed by atoms with E-state index in [1.54, 1.807) is 27.7 Å². The first-order valence-corrected chi connectivity index (χ1v) is 23.2. The van der Waals surface area contributed by atoms with Gasteiger partial charge in [-0.15, -0.1) is 26.2 Å². The maximum atomic E-state index is 10.6. The molecule has 0 aromatic heterocycles. The van der Waals surface area contributed by atoms with E-state index in [0.717, 1.165) is 0 Å². The summed E-state index contributed by atoms with van der Waals surface area (Å²) in [5.74, 6) is -0.335. The third-order valence-corrected chi connectivity index (χ3v) is 12.9. The van der Waals surface area contributed by atoms with Crippen molar-refractivity contribution < 1.29 is 58.9 Å². The van der Waals surface area contributed by atoms with Crippen LogP contribution in [0, 0.1) is 6.92 Å². The molecule has 0 aliphatic heterocycles. The topological polar surface area (TPSA) is 123 Å². The van der Waals surface area contributed by atoms with Gasteiger partial charge in [-0.2, -0.15) is 0 Å². The van der Waals surface area contributed by atoms with Gasteiger partial charge >= 0.3 is 37.2 Å². The summed E-state index contributed by atoms with van der Waals surface area (Å²) in [6.07, 6.45) is 0.610. The molecule has 0 bridgehead atoms. The Kier molecular flexibility index (Phi) is 40.4. The Morgan fingerprint density at radius 2 is 1.00 bits per heavy atom. The van der Waals surface area contributed by atoms with Crippen LogP contribution in [0.1, 0.15) is 34.1 Å². The predicted octanol–water partition coefficient (Wildman–Crippen LogP) is 2.69. The van der Waals surface area contributed by atoms with Gasteiger partial charge in [-0.25, -0.2) is 4.79 Å². The molecule has 35 heavy (non-hydrogen) atoms. The number of ether oxygens (including phenoxy) is 1. The van der Waals surface area contributed by atoms with E-state index >= 15 is 0 Å². The van der Waals surface area contributed by atoms with E-state index in [-0.39, 0.29) is 47.5 Å². The Balaban J connectivity index is -0.0000000931. The van der Waals surface area contributed by atoms with Crippen LogP contribution in [-0.4, -0.2) is 66.9 Å². The Labute approximate surface area is 237 Å². The average Bonchev–Trinajstić information content (AvgIpc) is 2.57. The van der Waals surface area contributed by atoms with Crippen molar-refractivity contribution in [2.24, 2.45) is 0 Å². The molecule has 0 heterocycles. The number of hydrogen-bond acceptors (Lipinski definition) is 8. The van der Waals surface area contributed by atoms with E-state index in [4.69, 9.17) is 27.7 Å². The summed E-state index contributed by atoms with van der Waals surface area (Å²) in [5.41, 5.74) is 0.434. The summed E-state index contributed by atoms with van der Waals surface area (Å²) in [7, 11) is -6.61. The summed E-state index contributed by atoms with van der Waals surface area (Å²) >= 11 is 0. The molecule has 0 unspecified atom stereocenters. The fraction of sp³-hybridized carbons (Fsp3) is 0.818. The van der Waals surface area contributed by atoms with Crippen LogP contribution < -0.4 is 15.3 Å². The van der Waals surface area contributed by atoms with E-state index in [1.807, 2.05) is 0 Å². The molecule has 13 heteroatoms. The predicted molar refractivity (Wildman–Crippen MR) is 148 cm³/mol. The van der Waals surface area contributed by atoms with Crippen molar-refractivity contribution >= 4 is 40.4 Å². The van der Waals surface area contributed by atoms with Crippen LogP contribution in [0.4, 0.5) is 0 Å². The van der Waals surface area contributed by atoms with Crippen LogP contribution in [0.2, 0.25) is 58.9 Å². The molecular formula is C22H54O8Si4Ti. The van der Waals surface area contributed by atoms with Gasteiger partial charge < -0.3 is 39.3 Å². The van der Waals surface area contributed by atoms with Gasteiger partial charge in [-0.3, -0.25) is 0 Å². The first-order valence-electron chi connectivity index (χ1n) is 11.6. The van der Waals surface area contributed by atoms with E-state index < -0.39 is 34.5 Å². The molecule has 0 aliphatic rings. The van der Waals surface area contributed by atoms with Gasteiger partial charge in [0.2, 0.25) is 0 Å². The van der Waals surface area contributed by atoms with Crippen molar-refractivity contribution in [2.75, 3.05) is 26.4 Å². The summed E-state index contributed by atoms with van der Waals surface area (Å²) < 4.78 is 22.9. The van der Waals surface area contributed by atoms with Crippen molar-refractivity contribution in [2.45, 2.75) is 93.0 Å². The molecule has 210 valence electrons. The molecule has 0 rings (SSSR count).